The van der Waals surface area contributed by atoms with Crippen LogP contribution in [-0.4, -0.2) is 52.6 Å². The predicted octanol–water partition coefficient (Wildman–Crippen LogP) is 5.86. The molecule has 1 heterocycles. The molecule has 0 radical (unpaired) electrons. The van der Waals surface area contributed by atoms with Crippen LogP contribution >= 0.6 is 11.8 Å². The van der Waals surface area contributed by atoms with Crippen LogP contribution in [0.1, 0.15) is 48.8 Å². The molecule has 0 aliphatic heterocycles. The Morgan fingerprint density at radius 3 is 2.17 bits per heavy atom. The highest BCUT2D eigenvalue weighted by atomic mass is 32.2. The van der Waals surface area contributed by atoms with E-state index in [1.165, 1.54) is 23.0 Å². The first-order valence-electron chi connectivity index (χ1n) is 14.3. The number of aliphatic hydroxyl groups is 1. The Kier molecular flexibility index (Phi) is 10.7. The second-order valence-electron chi connectivity index (χ2n) is 10.7. The topological polar surface area (TPSA) is 151 Å². The molecule has 4 rings (SSSR count). The van der Waals surface area contributed by atoms with Gasteiger partial charge in [0.2, 0.25) is 0 Å². The minimum atomic E-state index is -5.54. The summed E-state index contributed by atoms with van der Waals surface area (Å²) < 4.78 is 71.8. The summed E-state index contributed by atoms with van der Waals surface area (Å²) in [7, 11) is -4.30. The zero-order valence-electron chi connectivity index (χ0n) is 25.6. The number of alkyl halides is 3. The average molecular weight is 691 g/mol. The fourth-order valence-electron chi connectivity index (χ4n) is 4.87. The molecule has 10 nitrogen and oxygen atoms in total. The summed E-state index contributed by atoms with van der Waals surface area (Å²) in [6.45, 7) is 3.64. The quantitative estimate of drug-likeness (QED) is 0.135. The standard InChI is InChI=1S/C32H33F3N4O6S2/c1-4-20(2)27-37-26(31(43,29(40)41)32(33,34)35)28(46-3)39(27)19-22-14-16-23(17-15-22)24-12-8-9-13-25(24)47(44,45)38-30(42)36-18-21-10-6-5-7-11-21/h5-17,20,43H,4,18-19H2,1-3H3,(H,40,41)(H2,36,38,42). The number of carbonyl (C=O) groups excluding carboxylic acids is 1. The van der Waals surface area contributed by atoms with Gasteiger partial charge in [-0.05, 0) is 35.4 Å². The maximum Gasteiger partial charge on any atom is 0.434 e. The average Bonchev–Trinajstić information content (AvgIpc) is 3.41. The number of urea groups is 1. The molecule has 0 aliphatic rings. The number of sulfonamides is 1. The Hall–Kier alpha value is -4.34. The van der Waals surface area contributed by atoms with Crippen LogP contribution in [0.5, 0.6) is 0 Å². The summed E-state index contributed by atoms with van der Waals surface area (Å²) in [5.41, 5.74) is -3.07. The van der Waals surface area contributed by atoms with Crippen molar-refractivity contribution < 1.29 is 41.4 Å². The number of nitrogens with one attached hydrogen (secondary N) is 2. The lowest BCUT2D eigenvalue weighted by Crippen LogP contribution is -2.49. The number of carbonyl (C=O) groups is 2. The van der Waals surface area contributed by atoms with Crippen molar-refractivity contribution in [2.45, 2.75) is 61.0 Å². The molecule has 15 heteroatoms. The molecule has 3 aromatic carbocycles. The number of carboxylic acids is 1. The lowest BCUT2D eigenvalue weighted by Gasteiger charge is -2.25. The maximum absolute atomic E-state index is 14.0. The monoisotopic (exact) mass is 690 g/mol. The first-order valence-corrected chi connectivity index (χ1v) is 17.0. The molecule has 0 fully saturated rings. The SMILES string of the molecule is CCC(C)c1nc(C(O)(C(=O)O)C(F)(F)F)c(SC)n1Cc1ccc(-c2ccccc2S(=O)(=O)NC(=O)NCc2ccccc2)cc1. The van der Waals surface area contributed by atoms with Gasteiger partial charge < -0.3 is 20.1 Å². The summed E-state index contributed by atoms with van der Waals surface area (Å²) in [6, 6.07) is 20.7. The van der Waals surface area contributed by atoms with Crippen molar-refractivity contribution >= 4 is 33.8 Å². The van der Waals surface area contributed by atoms with Crippen molar-refractivity contribution in [2.75, 3.05) is 6.26 Å². The van der Waals surface area contributed by atoms with Crippen LogP contribution < -0.4 is 10.0 Å². The van der Waals surface area contributed by atoms with Crippen molar-refractivity contribution in [1.82, 2.24) is 19.6 Å². The highest BCUT2D eigenvalue weighted by molar-refractivity contribution is 7.98. The number of thioether (sulfide) groups is 1. The van der Waals surface area contributed by atoms with E-state index in [0.717, 1.165) is 17.3 Å². The molecule has 2 atom stereocenters. The van der Waals surface area contributed by atoms with Crippen LogP contribution in [-0.2, 0) is 33.5 Å². The number of halogens is 3. The number of carboxylic acid groups (broad SMARTS) is 1. The molecule has 0 saturated heterocycles. The molecule has 0 bridgehead atoms. The van der Waals surface area contributed by atoms with Crippen LogP contribution in [0, 0.1) is 0 Å². The zero-order chi connectivity index (χ0) is 34.6. The van der Waals surface area contributed by atoms with E-state index in [0.29, 0.717) is 23.1 Å². The lowest BCUT2D eigenvalue weighted by atomic mass is 10.00. The van der Waals surface area contributed by atoms with Gasteiger partial charge in [0.15, 0.2) is 0 Å². The van der Waals surface area contributed by atoms with E-state index in [2.05, 4.69) is 10.3 Å². The van der Waals surface area contributed by atoms with E-state index in [4.69, 9.17) is 0 Å². The van der Waals surface area contributed by atoms with Gasteiger partial charge in [0.1, 0.15) is 16.5 Å². The number of nitrogens with zero attached hydrogens (tertiary/aromatic N) is 2. The number of aromatic nitrogens is 2. The Bertz CT molecular complexity index is 1850. The van der Waals surface area contributed by atoms with Crippen molar-refractivity contribution in [2.24, 2.45) is 0 Å². The number of benzene rings is 3. The molecule has 0 spiro atoms. The van der Waals surface area contributed by atoms with Gasteiger partial charge in [-0.3, -0.25) is 0 Å². The maximum atomic E-state index is 14.0. The van der Waals surface area contributed by atoms with Crippen LogP contribution in [0.3, 0.4) is 0 Å². The van der Waals surface area contributed by atoms with E-state index in [1.807, 2.05) is 10.8 Å². The lowest BCUT2D eigenvalue weighted by molar-refractivity contribution is -0.267. The Balaban J connectivity index is 1.64. The highest BCUT2D eigenvalue weighted by Gasteiger charge is 2.64. The third kappa shape index (κ3) is 7.47. The zero-order valence-corrected chi connectivity index (χ0v) is 27.2. The highest BCUT2D eigenvalue weighted by Crippen LogP contribution is 2.44. The first kappa shape index (κ1) is 35.5. The summed E-state index contributed by atoms with van der Waals surface area (Å²) in [5.74, 6) is -2.69. The first-order chi connectivity index (χ1) is 22.1. The van der Waals surface area contributed by atoms with Crippen molar-refractivity contribution in [3.8, 4) is 11.1 Å². The van der Waals surface area contributed by atoms with Crippen LogP contribution in [0.2, 0.25) is 0 Å². The van der Waals surface area contributed by atoms with Gasteiger partial charge in [-0.25, -0.2) is 27.7 Å². The van der Waals surface area contributed by atoms with Gasteiger partial charge in [-0.2, -0.15) is 13.2 Å². The number of aliphatic carboxylic acids is 1. The molecule has 0 aliphatic carbocycles. The molecule has 2 unspecified atom stereocenters. The largest absolute Gasteiger partial charge is 0.479 e. The van der Waals surface area contributed by atoms with Gasteiger partial charge in [0.05, 0.1) is 4.90 Å². The van der Waals surface area contributed by atoms with Gasteiger partial charge in [0.25, 0.3) is 10.0 Å². The van der Waals surface area contributed by atoms with E-state index in [-0.39, 0.29) is 34.8 Å². The Morgan fingerprint density at radius 2 is 1.60 bits per heavy atom. The third-order valence-corrected chi connectivity index (χ3v) is 9.75. The van der Waals surface area contributed by atoms with E-state index in [1.54, 1.807) is 74.5 Å². The molecule has 4 aromatic rings. The second-order valence-corrected chi connectivity index (χ2v) is 13.1. The van der Waals surface area contributed by atoms with E-state index >= 15 is 0 Å². The fourth-order valence-corrected chi connectivity index (χ4v) is 6.79. The molecule has 0 saturated carbocycles. The predicted molar refractivity (Wildman–Crippen MR) is 170 cm³/mol. The normalized spacial score (nSPS) is 13.9. The molecular formula is C32H33F3N4O6S2. The van der Waals surface area contributed by atoms with Gasteiger partial charge in [-0.15, -0.1) is 11.8 Å². The molecule has 4 N–H and O–H groups in total. The van der Waals surface area contributed by atoms with Crippen LogP contribution in [0.25, 0.3) is 11.1 Å². The number of hydrogen-bond donors (Lipinski definition) is 4. The van der Waals surface area contributed by atoms with Gasteiger partial charge in [0, 0.05) is 24.6 Å². The molecule has 1 aromatic heterocycles. The molecule has 250 valence electrons. The number of imidazole rings is 1. The number of hydrogen-bond acceptors (Lipinski definition) is 7. The van der Waals surface area contributed by atoms with E-state index < -0.39 is 39.5 Å². The van der Waals surface area contributed by atoms with Crippen LogP contribution in [0.15, 0.2) is 88.8 Å². The minimum Gasteiger partial charge on any atom is -0.479 e. The Morgan fingerprint density at radius 1 is 0.979 bits per heavy atom. The summed E-state index contributed by atoms with van der Waals surface area (Å²) in [5, 5.41) is 22.3. The second kappa shape index (κ2) is 14.2. The van der Waals surface area contributed by atoms with E-state index in [9.17, 15) is 41.4 Å². The van der Waals surface area contributed by atoms with Crippen molar-refractivity contribution in [3.63, 3.8) is 0 Å². The summed E-state index contributed by atoms with van der Waals surface area (Å²) >= 11 is 0.833. The van der Waals surface area contributed by atoms with Crippen LogP contribution in [0.4, 0.5) is 18.0 Å². The number of rotatable bonds is 12. The third-order valence-electron chi connectivity index (χ3n) is 7.56. The minimum absolute atomic E-state index is 0.0141. The molecule has 47 heavy (non-hydrogen) atoms. The fraction of sp³-hybridized carbons (Fsp3) is 0.281. The van der Waals surface area contributed by atoms with Gasteiger partial charge in [-0.1, -0.05) is 86.6 Å². The molecular weight excluding hydrogens is 658 g/mol. The Labute approximate surface area is 274 Å². The summed E-state index contributed by atoms with van der Waals surface area (Å²) in [6.07, 6.45) is -3.60. The smallest absolute Gasteiger partial charge is 0.434 e. The summed E-state index contributed by atoms with van der Waals surface area (Å²) in [4.78, 5) is 28.1. The molecule has 2 amide bonds. The van der Waals surface area contributed by atoms with Crippen molar-refractivity contribution in [1.29, 1.82) is 0 Å². The van der Waals surface area contributed by atoms with Crippen molar-refractivity contribution in [3.05, 3.63) is 102 Å². The number of amides is 2. The van der Waals surface area contributed by atoms with Gasteiger partial charge >= 0.3 is 23.8 Å².